The molecule has 0 bridgehead atoms. The van der Waals surface area contributed by atoms with Gasteiger partial charge >= 0.3 is 0 Å². The van der Waals surface area contributed by atoms with E-state index in [0.29, 0.717) is 13.0 Å². The van der Waals surface area contributed by atoms with Gasteiger partial charge in [0.25, 0.3) is 0 Å². The summed E-state index contributed by atoms with van der Waals surface area (Å²) < 4.78 is 1.73. The Morgan fingerprint density at radius 1 is 1.50 bits per heavy atom. The lowest BCUT2D eigenvalue weighted by atomic mass is 9.93. The number of aryl methyl sites for hydroxylation is 1. The van der Waals surface area contributed by atoms with E-state index >= 15 is 0 Å². The van der Waals surface area contributed by atoms with Crippen LogP contribution in [0.5, 0.6) is 0 Å². The number of nitrogens with one attached hydrogen (secondary N) is 1. The number of anilines is 1. The minimum atomic E-state index is -0.0265. The van der Waals surface area contributed by atoms with Gasteiger partial charge in [0.2, 0.25) is 0 Å². The molecule has 4 nitrogen and oxygen atoms in total. The number of fused-ring (bicyclic) bond motifs is 1. The lowest BCUT2D eigenvalue weighted by Gasteiger charge is -2.07. The van der Waals surface area contributed by atoms with Crippen molar-refractivity contribution in [2.24, 2.45) is 7.05 Å². The lowest BCUT2D eigenvalue weighted by molar-refractivity contribution is -0.119. The van der Waals surface area contributed by atoms with Crippen molar-refractivity contribution >= 4 is 11.5 Å². The van der Waals surface area contributed by atoms with Gasteiger partial charge in [0.1, 0.15) is 5.78 Å². The Morgan fingerprint density at radius 3 is 3.11 bits per heavy atom. The van der Waals surface area contributed by atoms with Gasteiger partial charge in [-0.3, -0.25) is 9.48 Å². The molecule has 1 aromatic carbocycles. The summed E-state index contributed by atoms with van der Waals surface area (Å²) in [5.74, 6) is 0.224. The molecule has 1 unspecified atom stereocenters. The molecule has 1 aliphatic rings. The van der Waals surface area contributed by atoms with Gasteiger partial charge in [0, 0.05) is 31.9 Å². The van der Waals surface area contributed by atoms with E-state index in [4.69, 9.17) is 0 Å². The van der Waals surface area contributed by atoms with Crippen LogP contribution in [0.15, 0.2) is 36.7 Å². The largest absolute Gasteiger partial charge is 0.384 e. The average Bonchev–Trinajstić information content (AvgIpc) is 2.95. The molecule has 92 valence electrons. The molecular formula is C14H15N3O. The van der Waals surface area contributed by atoms with Crippen molar-refractivity contribution in [3.05, 3.63) is 47.8 Å². The maximum Gasteiger partial charge on any atom is 0.146 e. The number of nitrogens with zero attached hydrogens (tertiary/aromatic N) is 2. The van der Waals surface area contributed by atoms with Crippen LogP contribution in [-0.4, -0.2) is 22.1 Å². The van der Waals surface area contributed by atoms with Gasteiger partial charge in [0.05, 0.1) is 12.1 Å². The van der Waals surface area contributed by atoms with Crippen molar-refractivity contribution in [3.8, 4) is 0 Å². The molecule has 0 radical (unpaired) electrons. The van der Waals surface area contributed by atoms with Crippen molar-refractivity contribution < 1.29 is 4.79 Å². The van der Waals surface area contributed by atoms with Gasteiger partial charge in [-0.25, -0.2) is 0 Å². The highest BCUT2D eigenvalue weighted by Gasteiger charge is 2.27. The number of para-hydroxylation sites is 1. The van der Waals surface area contributed by atoms with Gasteiger partial charge in [-0.2, -0.15) is 5.10 Å². The van der Waals surface area contributed by atoms with Crippen molar-refractivity contribution in [1.29, 1.82) is 0 Å². The molecule has 0 amide bonds. The van der Waals surface area contributed by atoms with E-state index in [0.717, 1.165) is 16.8 Å². The number of aromatic nitrogens is 2. The summed E-state index contributed by atoms with van der Waals surface area (Å²) in [7, 11) is 1.86. The zero-order chi connectivity index (χ0) is 12.5. The second-order valence-electron chi connectivity index (χ2n) is 4.69. The van der Waals surface area contributed by atoms with Crippen molar-refractivity contribution in [1.82, 2.24) is 9.78 Å². The molecule has 0 aliphatic carbocycles. The summed E-state index contributed by atoms with van der Waals surface area (Å²) in [6.07, 6.45) is 4.10. The molecule has 2 aromatic rings. The van der Waals surface area contributed by atoms with Crippen molar-refractivity contribution in [3.63, 3.8) is 0 Å². The summed E-state index contributed by atoms with van der Waals surface area (Å²) in [4.78, 5) is 12.3. The van der Waals surface area contributed by atoms with Gasteiger partial charge in [0.15, 0.2) is 0 Å². The molecule has 0 fully saturated rings. The Morgan fingerprint density at radius 2 is 2.33 bits per heavy atom. The Labute approximate surface area is 106 Å². The third-order valence-electron chi connectivity index (χ3n) is 3.36. The van der Waals surface area contributed by atoms with E-state index in [1.807, 2.05) is 37.5 Å². The normalized spacial score (nSPS) is 17.3. The standard InChI is InChI=1S/C14H15N3O/c1-17-9-10(7-16-17)6-14(18)12-8-15-13-5-3-2-4-11(12)13/h2-5,7,9,12,15H,6,8H2,1H3. The molecule has 1 N–H and O–H groups in total. The quantitative estimate of drug-likeness (QED) is 0.890. The Kier molecular flexibility index (Phi) is 2.63. The monoisotopic (exact) mass is 241 g/mol. The summed E-state index contributed by atoms with van der Waals surface area (Å²) in [6.45, 7) is 0.707. The number of hydrogen-bond donors (Lipinski definition) is 1. The Bertz CT molecular complexity index is 588. The van der Waals surface area contributed by atoms with E-state index in [9.17, 15) is 4.79 Å². The van der Waals surface area contributed by atoms with Crippen LogP contribution >= 0.6 is 0 Å². The fraction of sp³-hybridized carbons (Fsp3) is 0.286. The van der Waals surface area contributed by atoms with Crippen molar-refractivity contribution in [2.75, 3.05) is 11.9 Å². The second-order valence-corrected chi connectivity index (χ2v) is 4.69. The minimum absolute atomic E-state index is 0.0265. The molecule has 0 saturated heterocycles. The zero-order valence-electron chi connectivity index (χ0n) is 10.3. The van der Waals surface area contributed by atoms with E-state index in [1.165, 1.54) is 0 Å². The van der Waals surface area contributed by atoms with E-state index in [-0.39, 0.29) is 11.7 Å². The zero-order valence-corrected chi connectivity index (χ0v) is 10.3. The fourth-order valence-electron chi connectivity index (χ4n) is 2.46. The summed E-state index contributed by atoms with van der Waals surface area (Å²) in [5, 5.41) is 7.37. The predicted octanol–water partition coefficient (Wildman–Crippen LogP) is 1.74. The lowest BCUT2D eigenvalue weighted by Crippen LogP contribution is -2.16. The maximum absolute atomic E-state index is 12.3. The second kappa shape index (κ2) is 4.29. The summed E-state index contributed by atoms with van der Waals surface area (Å²) >= 11 is 0. The highest BCUT2D eigenvalue weighted by atomic mass is 16.1. The number of benzene rings is 1. The highest BCUT2D eigenvalue weighted by Crippen LogP contribution is 2.32. The third kappa shape index (κ3) is 1.90. The van der Waals surface area contributed by atoms with Crippen molar-refractivity contribution in [2.45, 2.75) is 12.3 Å². The van der Waals surface area contributed by atoms with E-state index in [2.05, 4.69) is 10.4 Å². The molecule has 1 atom stereocenters. The molecule has 2 heterocycles. The number of rotatable bonds is 3. The first-order chi connectivity index (χ1) is 8.74. The van der Waals surface area contributed by atoms with Crippen LogP contribution in [0.25, 0.3) is 0 Å². The topological polar surface area (TPSA) is 46.9 Å². The van der Waals surface area contributed by atoms with E-state index < -0.39 is 0 Å². The van der Waals surface area contributed by atoms with Crippen LogP contribution < -0.4 is 5.32 Å². The molecule has 4 heteroatoms. The smallest absolute Gasteiger partial charge is 0.146 e. The van der Waals surface area contributed by atoms with Gasteiger partial charge in [-0.1, -0.05) is 18.2 Å². The first kappa shape index (κ1) is 11.0. The molecule has 1 aliphatic heterocycles. The SMILES string of the molecule is Cn1cc(CC(=O)C2CNc3ccccc32)cn1. The predicted molar refractivity (Wildman–Crippen MR) is 69.6 cm³/mol. The van der Waals surface area contributed by atoms with E-state index in [1.54, 1.807) is 10.9 Å². The van der Waals surface area contributed by atoms with Crippen LogP contribution in [0, 0.1) is 0 Å². The summed E-state index contributed by atoms with van der Waals surface area (Å²) in [6, 6.07) is 8.02. The molecule has 1 aromatic heterocycles. The fourth-order valence-corrected chi connectivity index (χ4v) is 2.46. The Balaban J connectivity index is 1.78. The number of ketones is 1. The molecular weight excluding hydrogens is 226 g/mol. The highest BCUT2D eigenvalue weighted by molar-refractivity contribution is 5.91. The number of Topliss-reactive ketones (excluding diaryl/α,β-unsaturated/α-hetero) is 1. The number of carbonyl (C=O) groups excluding carboxylic acids is 1. The summed E-state index contributed by atoms with van der Waals surface area (Å²) in [5.41, 5.74) is 3.18. The number of carbonyl (C=O) groups is 1. The average molecular weight is 241 g/mol. The van der Waals surface area contributed by atoms with Crippen LogP contribution in [0.3, 0.4) is 0 Å². The minimum Gasteiger partial charge on any atom is -0.384 e. The first-order valence-electron chi connectivity index (χ1n) is 6.07. The van der Waals surface area contributed by atoms with Gasteiger partial charge in [-0.15, -0.1) is 0 Å². The molecule has 3 rings (SSSR count). The first-order valence-corrected chi connectivity index (χ1v) is 6.07. The third-order valence-corrected chi connectivity index (χ3v) is 3.36. The van der Waals surface area contributed by atoms with Crippen LogP contribution in [-0.2, 0) is 18.3 Å². The Hall–Kier alpha value is -2.10. The maximum atomic E-state index is 12.3. The molecule has 18 heavy (non-hydrogen) atoms. The van der Waals surface area contributed by atoms with Gasteiger partial charge in [-0.05, 0) is 17.2 Å². The van der Waals surface area contributed by atoms with Crippen LogP contribution in [0.1, 0.15) is 17.0 Å². The molecule has 0 spiro atoms. The van der Waals surface area contributed by atoms with Crippen LogP contribution in [0.4, 0.5) is 5.69 Å². The number of hydrogen-bond acceptors (Lipinski definition) is 3. The van der Waals surface area contributed by atoms with Gasteiger partial charge < -0.3 is 5.32 Å². The van der Waals surface area contributed by atoms with Crippen LogP contribution in [0.2, 0.25) is 0 Å². The molecule has 0 saturated carbocycles.